The number of hydrogen-bond acceptors (Lipinski definition) is 7. The molecule has 6 nitrogen and oxygen atoms in total. The first-order valence-corrected chi connectivity index (χ1v) is 6.74. The molecule has 3 heterocycles. The summed E-state index contributed by atoms with van der Waals surface area (Å²) in [5.41, 5.74) is 0.984. The summed E-state index contributed by atoms with van der Waals surface area (Å²) in [6.07, 6.45) is 0.613. The zero-order valence-electron chi connectivity index (χ0n) is 10.0. The molecule has 3 rings (SSSR count). The molecule has 0 spiro atoms. The van der Waals surface area contributed by atoms with Crippen LogP contribution in [0.15, 0.2) is 9.90 Å². The van der Waals surface area contributed by atoms with Gasteiger partial charge in [0.2, 0.25) is 5.89 Å². The van der Waals surface area contributed by atoms with E-state index in [1.807, 2.05) is 12.3 Å². The zero-order valence-corrected chi connectivity index (χ0v) is 10.9. The van der Waals surface area contributed by atoms with Gasteiger partial charge in [-0.3, -0.25) is 0 Å². The Kier molecular flexibility index (Phi) is 3.35. The summed E-state index contributed by atoms with van der Waals surface area (Å²) in [6, 6.07) is 0.0113. The number of ether oxygens (including phenoxy) is 1. The van der Waals surface area contributed by atoms with Crippen LogP contribution in [-0.2, 0) is 11.2 Å². The minimum Gasteiger partial charge on any atom is -0.378 e. The molecule has 1 aliphatic rings. The van der Waals surface area contributed by atoms with Gasteiger partial charge in [0, 0.05) is 11.9 Å². The minimum absolute atomic E-state index is 0.0113. The Morgan fingerprint density at radius 3 is 3.17 bits per heavy atom. The van der Waals surface area contributed by atoms with E-state index in [0.29, 0.717) is 24.7 Å². The Bertz CT molecular complexity index is 519. The van der Waals surface area contributed by atoms with E-state index in [1.54, 1.807) is 11.3 Å². The number of rotatable bonds is 3. The van der Waals surface area contributed by atoms with E-state index in [0.717, 1.165) is 23.9 Å². The molecule has 1 atom stereocenters. The molecule has 0 saturated carbocycles. The van der Waals surface area contributed by atoms with Crippen LogP contribution in [0.1, 0.15) is 28.5 Å². The maximum atomic E-state index is 5.37. The highest BCUT2D eigenvalue weighted by atomic mass is 32.1. The average Bonchev–Trinajstić information content (AvgIpc) is 3.01. The van der Waals surface area contributed by atoms with Crippen molar-refractivity contribution in [2.24, 2.45) is 0 Å². The fraction of sp³-hybridized carbons (Fsp3) is 0.545. The Morgan fingerprint density at radius 2 is 2.44 bits per heavy atom. The van der Waals surface area contributed by atoms with E-state index >= 15 is 0 Å². The lowest BCUT2D eigenvalue weighted by atomic mass is 10.3. The summed E-state index contributed by atoms with van der Waals surface area (Å²) in [5, 5.41) is 10.3. The molecule has 18 heavy (non-hydrogen) atoms. The number of hydrogen-bond donors (Lipinski definition) is 1. The van der Waals surface area contributed by atoms with Gasteiger partial charge >= 0.3 is 0 Å². The SMILES string of the molecule is Cc1nc(Cc2noc(C3COCCN3)n2)cs1. The molecular formula is C11H14N4O2S. The van der Waals surface area contributed by atoms with Gasteiger partial charge in [0.05, 0.1) is 30.3 Å². The maximum Gasteiger partial charge on any atom is 0.246 e. The number of nitrogens with one attached hydrogen (secondary N) is 1. The van der Waals surface area contributed by atoms with Crippen molar-refractivity contribution in [2.75, 3.05) is 19.8 Å². The lowest BCUT2D eigenvalue weighted by molar-refractivity contribution is 0.0659. The van der Waals surface area contributed by atoms with Gasteiger partial charge in [-0.2, -0.15) is 4.98 Å². The van der Waals surface area contributed by atoms with Gasteiger partial charge in [-0.15, -0.1) is 11.3 Å². The van der Waals surface area contributed by atoms with Crippen molar-refractivity contribution >= 4 is 11.3 Å². The third-order valence-electron chi connectivity index (χ3n) is 2.71. The molecule has 2 aromatic heterocycles. The number of aromatic nitrogens is 3. The largest absolute Gasteiger partial charge is 0.378 e. The van der Waals surface area contributed by atoms with Crippen LogP contribution >= 0.6 is 11.3 Å². The summed E-state index contributed by atoms with van der Waals surface area (Å²) in [6.45, 7) is 4.11. The molecule has 0 aliphatic carbocycles. The van der Waals surface area contributed by atoms with Gasteiger partial charge in [0.25, 0.3) is 0 Å². The lowest BCUT2D eigenvalue weighted by Gasteiger charge is -2.20. The molecule has 0 radical (unpaired) electrons. The number of thiazole rings is 1. The van der Waals surface area contributed by atoms with Crippen molar-refractivity contribution in [2.45, 2.75) is 19.4 Å². The second-order valence-electron chi connectivity index (χ2n) is 4.17. The van der Waals surface area contributed by atoms with Crippen LogP contribution in [0.5, 0.6) is 0 Å². The first-order chi connectivity index (χ1) is 8.81. The average molecular weight is 266 g/mol. The molecule has 0 amide bonds. The molecule has 1 saturated heterocycles. The van der Waals surface area contributed by atoms with Gasteiger partial charge in [0.15, 0.2) is 5.82 Å². The van der Waals surface area contributed by atoms with Crippen LogP contribution in [0.2, 0.25) is 0 Å². The lowest BCUT2D eigenvalue weighted by Crippen LogP contribution is -2.34. The van der Waals surface area contributed by atoms with Crippen molar-refractivity contribution in [1.82, 2.24) is 20.4 Å². The molecule has 0 bridgehead atoms. The monoisotopic (exact) mass is 266 g/mol. The molecule has 2 aromatic rings. The van der Waals surface area contributed by atoms with Gasteiger partial charge < -0.3 is 14.6 Å². The van der Waals surface area contributed by atoms with Crippen LogP contribution < -0.4 is 5.32 Å². The standard InChI is InChI=1S/C11H14N4O2S/c1-7-13-8(6-18-7)4-10-14-11(17-15-10)9-5-16-3-2-12-9/h6,9,12H,2-5H2,1H3. The van der Waals surface area contributed by atoms with E-state index in [1.165, 1.54) is 0 Å². The number of nitrogens with zero attached hydrogens (tertiary/aromatic N) is 3. The summed E-state index contributed by atoms with van der Waals surface area (Å²) in [5.74, 6) is 1.26. The fourth-order valence-electron chi connectivity index (χ4n) is 1.86. The molecular weight excluding hydrogens is 252 g/mol. The Labute approximate surface area is 108 Å². The van der Waals surface area contributed by atoms with E-state index in [9.17, 15) is 0 Å². The first-order valence-electron chi connectivity index (χ1n) is 5.86. The van der Waals surface area contributed by atoms with Gasteiger partial charge in [-0.05, 0) is 6.92 Å². The normalized spacial score (nSPS) is 20.2. The predicted molar refractivity (Wildman–Crippen MR) is 65.5 cm³/mol. The van der Waals surface area contributed by atoms with Crippen LogP contribution in [-0.4, -0.2) is 34.9 Å². The van der Waals surface area contributed by atoms with E-state index in [4.69, 9.17) is 9.26 Å². The predicted octanol–water partition coefficient (Wildman–Crippen LogP) is 1.09. The smallest absolute Gasteiger partial charge is 0.246 e. The van der Waals surface area contributed by atoms with Crippen LogP contribution in [0.3, 0.4) is 0 Å². The highest BCUT2D eigenvalue weighted by Gasteiger charge is 2.21. The topological polar surface area (TPSA) is 73.1 Å². The molecule has 96 valence electrons. The molecule has 1 fully saturated rings. The van der Waals surface area contributed by atoms with E-state index in [2.05, 4.69) is 20.4 Å². The zero-order chi connectivity index (χ0) is 12.4. The quantitative estimate of drug-likeness (QED) is 0.896. The van der Waals surface area contributed by atoms with Crippen LogP contribution in [0.25, 0.3) is 0 Å². The molecule has 0 aromatic carbocycles. The third kappa shape index (κ3) is 2.58. The van der Waals surface area contributed by atoms with E-state index < -0.39 is 0 Å². The number of morpholine rings is 1. The Morgan fingerprint density at radius 1 is 1.50 bits per heavy atom. The minimum atomic E-state index is 0.0113. The summed E-state index contributed by atoms with van der Waals surface area (Å²) < 4.78 is 10.6. The highest BCUT2D eigenvalue weighted by Crippen LogP contribution is 2.16. The van der Waals surface area contributed by atoms with Crippen molar-refractivity contribution in [3.63, 3.8) is 0 Å². The van der Waals surface area contributed by atoms with Crippen LogP contribution in [0.4, 0.5) is 0 Å². The maximum absolute atomic E-state index is 5.37. The molecule has 1 unspecified atom stereocenters. The summed E-state index contributed by atoms with van der Waals surface area (Å²) >= 11 is 1.63. The van der Waals surface area contributed by atoms with Crippen molar-refractivity contribution < 1.29 is 9.26 Å². The molecule has 1 N–H and O–H groups in total. The van der Waals surface area contributed by atoms with E-state index in [-0.39, 0.29) is 6.04 Å². The summed E-state index contributed by atoms with van der Waals surface area (Å²) in [7, 11) is 0. The fourth-order valence-corrected chi connectivity index (χ4v) is 2.47. The highest BCUT2D eigenvalue weighted by molar-refractivity contribution is 7.09. The molecule has 7 heteroatoms. The number of aryl methyl sites for hydroxylation is 1. The van der Waals surface area contributed by atoms with Crippen molar-refractivity contribution in [1.29, 1.82) is 0 Å². The van der Waals surface area contributed by atoms with Crippen molar-refractivity contribution in [3.05, 3.63) is 27.8 Å². The first kappa shape index (κ1) is 11.8. The third-order valence-corrected chi connectivity index (χ3v) is 3.53. The second-order valence-corrected chi connectivity index (χ2v) is 5.23. The van der Waals surface area contributed by atoms with Crippen LogP contribution in [0, 0.1) is 6.92 Å². The molecule has 1 aliphatic heterocycles. The van der Waals surface area contributed by atoms with Crippen molar-refractivity contribution in [3.8, 4) is 0 Å². The van der Waals surface area contributed by atoms with Gasteiger partial charge in [-0.25, -0.2) is 4.98 Å². The Hall–Kier alpha value is -1.31. The Balaban J connectivity index is 1.69. The van der Waals surface area contributed by atoms with Gasteiger partial charge in [0.1, 0.15) is 6.04 Å². The summed E-state index contributed by atoms with van der Waals surface area (Å²) in [4.78, 5) is 8.77. The van der Waals surface area contributed by atoms with Gasteiger partial charge in [-0.1, -0.05) is 5.16 Å². The second kappa shape index (κ2) is 5.13.